The lowest BCUT2D eigenvalue weighted by Gasteiger charge is -2.29. The average Bonchev–Trinajstić information content (AvgIpc) is 3.99. The summed E-state index contributed by atoms with van der Waals surface area (Å²) in [5.41, 5.74) is 8.78. The predicted molar refractivity (Wildman–Crippen MR) is 274 cm³/mol. The lowest BCUT2D eigenvalue weighted by molar-refractivity contribution is -0.144. The van der Waals surface area contributed by atoms with Crippen molar-refractivity contribution < 1.29 is 76.4 Å². The molecule has 7 amide bonds. The van der Waals surface area contributed by atoms with Crippen LogP contribution in [0, 0.1) is 13.8 Å². The van der Waals surface area contributed by atoms with Gasteiger partial charge in [0.25, 0.3) is 15.9 Å². The van der Waals surface area contributed by atoms with Gasteiger partial charge in [0, 0.05) is 40.9 Å². The molecule has 2 heterocycles. The van der Waals surface area contributed by atoms with Gasteiger partial charge >= 0.3 is 29.9 Å². The van der Waals surface area contributed by atoms with Gasteiger partial charge in [0.2, 0.25) is 23.6 Å². The fraction of sp³-hybridized carbons (Fsp3) is 0.346. The van der Waals surface area contributed by atoms with E-state index in [-0.39, 0.29) is 41.6 Å². The Bertz CT molecular complexity index is 3130. The molecule has 24 nitrogen and oxygen atoms in total. The second kappa shape index (κ2) is 23.9. The van der Waals surface area contributed by atoms with Crippen molar-refractivity contribution in [3.05, 3.63) is 118 Å². The number of carbonyl (C=O) groups is 10. The first-order chi connectivity index (χ1) is 36.1. The van der Waals surface area contributed by atoms with E-state index in [1.807, 2.05) is 11.4 Å². The molecule has 6 rings (SSSR count). The van der Waals surface area contributed by atoms with E-state index in [0.717, 1.165) is 9.87 Å². The fourth-order valence-electron chi connectivity index (χ4n) is 9.07. The average molecular weight is 1080 g/mol. The maximum atomic E-state index is 13.8. The molecule has 0 radical (unpaired) electrons. The lowest BCUT2D eigenvalue weighted by Crippen LogP contribution is -2.58. The number of nitrogens with zero attached hydrogens (tertiary/aromatic N) is 2. The van der Waals surface area contributed by atoms with Crippen LogP contribution in [0.1, 0.15) is 90.7 Å². The number of sulfonamides is 1. The highest BCUT2D eigenvalue weighted by molar-refractivity contribution is 7.89. The van der Waals surface area contributed by atoms with Gasteiger partial charge in [0.15, 0.2) is 0 Å². The summed E-state index contributed by atoms with van der Waals surface area (Å²) in [6.07, 6.45) is -2.78. The number of aryl methyl sites for hydroxylation is 2. The van der Waals surface area contributed by atoms with Gasteiger partial charge in [-0.3, -0.25) is 38.4 Å². The number of carboxylic acids is 3. The first kappa shape index (κ1) is 57.6. The largest absolute Gasteiger partial charge is 0.481 e. The molecule has 2 aliphatic rings. The van der Waals surface area contributed by atoms with Crippen molar-refractivity contribution in [2.24, 2.45) is 5.73 Å². The van der Waals surface area contributed by atoms with Crippen molar-refractivity contribution in [3.8, 4) is 5.75 Å². The Kier molecular flexibility index (Phi) is 17.8. The first-order valence-corrected chi connectivity index (χ1v) is 25.5. The number of carbonyl (C=O) groups excluding carboxylic acids is 7. The van der Waals surface area contributed by atoms with Crippen LogP contribution in [0.5, 0.6) is 5.75 Å². The molecule has 1 unspecified atom stereocenters. The molecule has 1 saturated heterocycles. The van der Waals surface area contributed by atoms with Crippen LogP contribution in [-0.4, -0.2) is 125 Å². The normalized spacial score (nSPS) is 15.7. The molecule has 408 valence electrons. The number of amides is 7. The SMILES string of the molecule is Cc1cc(C)c(C(C)(C)CC(=O)Nc2ccc(C(=O)N3CCc4cc(S(=O)(=O)N5C[C@H](c6ccccc6)NC5=O)ccc43)cc2)c(OC(=O)C(C)NC(=O)[C@H](CC(=O)O)NC(=O)[C@H](CC(=O)O)NC(=O)[C@@H](N)CC(=O)O)c1. The monoisotopic (exact) mass is 1080 g/mol. The number of carboxylic acid groups (broad SMARTS) is 3. The summed E-state index contributed by atoms with van der Waals surface area (Å²) in [5.74, 6) is -10.2. The molecular weight excluding hydrogens is 1020 g/mol. The van der Waals surface area contributed by atoms with Crippen LogP contribution < -0.4 is 42.0 Å². The summed E-state index contributed by atoms with van der Waals surface area (Å²) < 4.78 is 33.9. The van der Waals surface area contributed by atoms with Crippen molar-refractivity contribution >= 4 is 80.8 Å². The molecule has 4 aromatic rings. The summed E-state index contributed by atoms with van der Waals surface area (Å²) >= 11 is 0. The third-order valence-corrected chi connectivity index (χ3v) is 14.4. The number of fused-ring (bicyclic) bond motifs is 1. The number of anilines is 2. The minimum Gasteiger partial charge on any atom is -0.481 e. The van der Waals surface area contributed by atoms with Crippen molar-refractivity contribution in [3.63, 3.8) is 0 Å². The van der Waals surface area contributed by atoms with E-state index in [2.05, 4.69) is 21.3 Å². The van der Waals surface area contributed by atoms with Crippen LogP contribution in [0.25, 0.3) is 0 Å². The summed E-state index contributed by atoms with van der Waals surface area (Å²) in [6.45, 7) is 8.35. The maximum absolute atomic E-state index is 13.8. The van der Waals surface area contributed by atoms with E-state index in [9.17, 15) is 66.6 Å². The second-order valence-corrected chi connectivity index (χ2v) is 21.1. The Morgan fingerprint density at radius 1 is 0.792 bits per heavy atom. The predicted octanol–water partition coefficient (Wildman–Crippen LogP) is 2.40. The fourth-order valence-corrected chi connectivity index (χ4v) is 10.5. The number of benzene rings is 4. The van der Waals surface area contributed by atoms with Gasteiger partial charge in [-0.15, -0.1) is 0 Å². The van der Waals surface area contributed by atoms with E-state index < -0.39 is 118 Å². The molecule has 77 heavy (non-hydrogen) atoms. The highest BCUT2D eigenvalue weighted by atomic mass is 32.2. The van der Waals surface area contributed by atoms with E-state index >= 15 is 0 Å². The molecular formula is C52H58N8O16S. The molecule has 10 N–H and O–H groups in total. The van der Waals surface area contributed by atoms with Crippen molar-refractivity contribution in [2.75, 3.05) is 23.3 Å². The molecule has 0 spiro atoms. The van der Waals surface area contributed by atoms with Crippen molar-refractivity contribution in [1.82, 2.24) is 25.6 Å². The molecule has 0 aliphatic carbocycles. The molecule has 5 atom stereocenters. The Balaban J connectivity index is 1.07. The van der Waals surface area contributed by atoms with Gasteiger partial charge in [0.1, 0.15) is 23.9 Å². The zero-order valence-corrected chi connectivity index (χ0v) is 43.3. The topological polar surface area (TPSA) is 367 Å². The molecule has 0 aromatic heterocycles. The number of esters is 1. The zero-order valence-electron chi connectivity index (χ0n) is 42.4. The smallest absolute Gasteiger partial charge is 0.333 e. The Morgan fingerprint density at radius 3 is 2.00 bits per heavy atom. The highest BCUT2D eigenvalue weighted by Crippen LogP contribution is 2.39. The van der Waals surface area contributed by atoms with Gasteiger partial charge in [0.05, 0.1) is 42.8 Å². The highest BCUT2D eigenvalue weighted by Gasteiger charge is 2.40. The lowest BCUT2D eigenvalue weighted by atomic mass is 9.78. The van der Waals surface area contributed by atoms with Crippen LogP contribution in [0.15, 0.2) is 89.8 Å². The number of hydrogen-bond donors (Lipinski definition) is 9. The van der Waals surface area contributed by atoms with Gasteiger partial charge < -0.3 is 57.3 Å². The van der Waals surface area contributed by atoms with Crippen LogP contribution in [0.2, 0.25) is 0 Å². The summed E-state index contributed by atoms with van der Waals surface area (Å²) in [4.78, 5) is 128. The van der Waals surface area contributed by atoms with Crippen LogP contribution in [0.3, 0.4) is 0 Å². The molecule has 25 heteroatoms. The third-order valence-electron chi connectivity index (χ3n) is 12.7. The summed E-state index contributed by atoms with van der Waals surface area (Å²) in [7, 11) is -4.22. The van der Waals surface area contributed by atoms with Gasteiger partial charge in [-0.2, -0.15) is 0 Å². The van der Waals surface area contributed by atoms with Crippen molar-refractivity contribution in [2.45, 2.75) is 107 Å². The number of hydrogen-bond acceptors (Lipinski definition) is 14. The molecule has 4 aromatic carbocycles. The van der Waals surface area contributed by atoms with E-state index in [4.69, 9.17) is 15.6 Å². The van der Waals surface area contributed by atoms with E-state index in [1.54, 1.807) is 82.3 Å². The first-order valence-electron chi connectivity index (χ1n) is 24.0. The number of nitrogens with two attached hydrogens (primary N) is 1. The van der Waals surface area contributed by atoms with Gasteiger partial charge in [-0.05, 0) is 98.0 Å². The zero-order chi connectivity index (χ0) is 56.7. The summed E-state index contributed by atoms with van der Waals surface area (Å²) in [5, 5.41) is 39.7. The van der Waals surface area contributed by atoms with E-state index in [1.165, 1.54) is 36.1 Å². The Hall–Kier alpha value is -8.71. The number of urea groups is 1. The third kappa shape index (κ3) is 14.2. The number of nitrogens with one attached hydrogen (secondary N) is 5. The Morgan fingerprint density at radius 2 is 1.39 bits per heavy atom. The number of rotatable bonds is 22. The van der Waals surface area contributed by atoms with Crippen LogP contribution >= 0.6 is 0 Å². The van der Waals surface area contributed by atoms with Crippen LogP contribution in [0.4, 0.5) is 16.2 Å². The molecule has 0 bridgehead atoms. The van der Waals surface area contributed by atoms with Crippen molar-refractivity contribution in [1.29, 1.82) is 0 Å². The van der Waals surface area contributed by atoms with Crippen LogP contribution in [-0.2, 0) is 60.2 Å². The molecule has 2 aliphatic heterocycles. The number of aliphatic carboxylic acids is 3. The van der Waals surface area contributed by atoms with Gasteiger partial charge in [-0.25, -0.2) is 22.3 Å². The summed E-state index contributed by atoms with van der Waals surface area (Å²) in [6, 6.07) is 14.7. The molecule has 1 fully saturated rings. The quantitative estimate of drug-likeness (QED) is 0.0403. The number of ether oxygens (including phenoxy) is 1. The minimum atomic E-state index is -4.22. The second-order valence-electron chi connectivity index (χ2n) is 19.3. The van der Waals surface area contributed by atoms with E-state index in [0.29, 0.717) is 40.0 Å². The Labute approximate surface area is 441 Å². The van der Waals surface area contributed by atoms with Gasteiger partial charge in [-0.1, -0.05) is 50.2 Å². The minimum absolute atomic E-state index is 0.0373. The maximum Gasteiger partial charge on any atom is 0.333 e. The standard InChI is InChI=1S/C52H58N8O16S/c1-27-19-28(2)45(40(20-27)76-50(72)29(3)54-47(69)36(23-43(64)65)57-48(70)37(24-44(66)67)56-46(68)35(53)22-42(62)63)52(4,5)25-41(61)55-33-13-11-31(12-14-33)49(71)59-18-17-32-21-34(15-16-39(32)59)77(74,75)60-26-38(58-51(60)73)30-9-7-6-8-10-30/h6-16,19-21,29,35-38H,17-18,22-26,53H2,1-5H3,(H,54,69)(H,55,61)(H,56,68)(H,57,70)(H,58,73)(H,62,63)(H,64,65)(H,66,67)/t29?,35-,36-,37-,38+/m0/s1. The molecule has 0 saturated carbocycles.